The SMILES string of the molecule is Cc1cccc(OCCNC(=O)c2nc(N)ccc2Cl)c1. The highest BCUT2D eigenvalue weighted by Gasteiger charge is 2.11. The summed E-state index contributed by atoms with van der Waals surface area (Å²) in [4.78, 5) is 15.8. The molecule has 0 fully saturated rings. The molecule has 0 radical (unpaired) electrons. The van der Waals surface area contributed by atoms with Gasteiger partial charge in [-0.05, 0) is 36.8 Å². The van der Waals surface area contributed by atoms with Crippen molar-refractivity contribution in [3.05, 3.63) is 52.7 Å². The van der Waals surface area contributed by atoms with Crippen LogP contribution >= 0.6 is 11.6 Å². The van der Waals surface area contributed by atoms with E-state index in [0.29, 0.717) is 13.2 Å². The lowest BCUT2D eigenvalue weighted by Crippen LogP contribution is -2.29. The number of rotatable bonds is 5. The highest BCUT2D eigenvalue weighted by Crippen LogP contribution is 2.15. The van der Waals surface area contributed by atoms with Crippen molar-refractivity contribution in [1.29, 1.82) is 0 Å². The average Bonchev–Trinajstić information content (AvgIpc) is 2.46. The van der Waals surface area contributed by atoms with Crippen molar-refractivity contribution in [2.75, 3.05) is 18.9 Å². The van der Waals surface area contributed by atoms with Crippen molar-refractivity contribution in [2.24, 2.45) is 0 Å². The number of carbonyl (C=O) groups is 1. The lowest BCUT2D eigenvalue weighted by atomic mass is 10.2. The van der Waals surface area contributed by atoms with E-state index in [4.69, 9.17) is 22.1 Å². The Morgan fingerprint density at radius 2 is 2.19 bits per heavy atom. The Hall–Kier alpha value is -2.27. The van der Waals surface area contributed by atoms with Gasteiger partial charge in [-0.25, -0.2) is 4.98 Å². The van der Waals surface area contributed by atoms with Crippen molar-refractivity contribution in [2.45, 2.75) is 6.92 Å². The first kappa shape index (κ1) is 15.1. The first-order valence-electron chi connectivity index (χ1n) is 6.46. The molecule has 0 bridgehead atoms. The fraction of sp³-hybridized carbons (Fsp3) is 0.200. The molecule has 0 aliphatic rings. The quantitative estimate of drug-likeness (QED) is 0.832. The molecule has 2 aromatic rings. The third-order valence-corrected chi connectivity index (χ3v) is 3.03. The highest BCUT2D eigenvalue weighted by molar-refractivity contribution is 6.33. The molecule has 21 heavy (non-hydrogen) atoms. The number of ether oxygens (including phenoxy) is 1. The van der Waals surface area contributed by atoms with Gasteiger partial charge in [-0.1, -0.05) is 23.7 Å². The Balaban J connectivity index is 1.83. The summed E-state index contributed by atoms with van der Waals surface area (Å²) < 4.78 is 5.53. The third-order valence-electron chi connectivity index (χ3n) is 2.73. The number of nitrogens with one attached hydrogen (secondary N) is 1. The van der Waals surface area contributed by atoms with Crippen molar-refractivity contribution in [3.63, 3.8) is 0 Å². The van der Waals surface area contributed by atoms with Crippen molar-refractivity contribution in [3.8, 4) is 5.75 Å². The predicted molar refractivity (Wildman–Crippen MR) is 82.7 cm³/mol. The number of hydrogen-bond donors (Lipinski definition) is 2. The van der Waals surface area contributed by atoms with Crippen LogP contribution in [0.1, 0.15) is 16.1 Å². The molecule has 0 atom stereocenters. The Kier molecular flexibility index (Phi) is 5.00. The number of hydrogen-bond acceptors (Lipinski definition) is 4. The summed E-state index contributed by atoms with van der Waals surface area (Å²) in [6.07, 6.45) is 0. The number of nitrogens with two attached hydrogens (primary N) is 1. The second-order valence-corrected chi connectivity index (χ2v) is 4.89. The van der Waals surface area contributed by atoms with Crippen LogP contribution in [0.3, 0.4) is 0 Å². The average molecular weight is 306 g/mol. The number of benzene rings is 1. The van der Waals surface area contributed by atoms with Crippen molar-refractivity contribution in [1.82, 2.24) is 10.3 Å². The molecule has 2 rings (SSSR count). The molecule has 6 heteroatoms. The van der Waals surface area contributed by atoms with Crippen LogP contribution in [0.5, 0.6) is 5.75 Å². The van der Waals surface area contributed by atoms with Crippen LogP contribution < -0.4 is 15.8 Å². The summed E-state index contributed by atoms with van der Waals surface area (Å²) in [5.74, 6) is 0.644. The summed E-state index contributed by atoms with van der Waals surface area (Å²) in [5, 5.41) is 2.95. The number of amides is 1. The molecule has 1 heterocycles. The molecule has 0 aliphatic carbocycles. The molecule has 1 amide bonds. The summed E-state index contributed by atoms with van der Waals surface area (Å²) in [6, 6.07) is 10.8. The van der Waals surface area contributed by atoms with E-state index < -0.39 is 0 Å². The van der Waals surface area contributed by atoms with Crippen LogP contribution in [-0.4, -0.2) is 24.0 Å². The van der Waals surface area contributed by atoms with E-state index in [9.17, 15) is 4.79 Å². The fourth-order valence-corrected chi connectivity index (χ4v) is 1.93. The fourth-order valence-electron chi connectivity index (χ4n) is 1.74. The number of pyridine rings is 1. The van der Waals surface area contributed by atoms with Gasteiger partial charge in [0.25, 0.3) is 5.91 Å². The Bertz CT molecular complexity index is 647. The van der Waals surface area contributed by atoms with Gasteiger partial charge in [0.1, 0.15) is 23.9 Å². The topological polar surface area (TPSA) is 77.2 Å². The normalized spacial score (nSPS) is 10.2. The summed E-state index contributed by atoms with van der Waals surface area (Å²) in [5.41, 5.74) is 6.77. The molecule has 0 spiro atoms. The van der Waals surface area contributed by atoms with Gasteiger partial charge in [-0.15, -0.1) is 0 Å². The minimum atomic E-state index is -0.375. The molecule has 5 nitrogen and oxygen atoms in total. The number of halogens is 1. The van der Waals surface area contributed by atoms with E-state index in [1.807, 2.05) is 31.2 Å². The smallest absolute Gasteiger partial charge is 0.271 e. The van der Waals surface area contributed by atoms with E-state index in [1.165, 1.54) is 0 Å². The van der Waals surface area contributed by atoms with Gasteiger partial charge >= 0.3 is 0 Å². The predicted octanol–water partition coefficient (Wildman–Crippen LogP) is 2.43. The van der Waals surface area contributed by atoms with Crippen LogP contribution in [-0.2, 0) is 0 Å². The summed E-state index contributed by atoms with van der Waals surface area (Å²) >= 11 is 5.91. The second-order valence-electron chi connectivity index (χ2n) is 4.49. The number of aryl methyl sites for hydroxylation is 1. The summed E-state index contributed by atoms with van der Waals surface area (Å²) in [6.45, 7) is 2.69. The van der Waals surface area contributed by atoms with Crippen LogP contribution in [0.15, 0.2) is 36.4 Å². The molecule has 0 saturated heterocycles. The minimum Gasteiger partial charge on any atom is -0.492 e. The lowest BCUT2D eigenvalue weighted by Gasteiger charge is -2.09. The van der Waals surface area contributed by atoms with E-state index >= 15 is 0 Å². The van der Waals surface area contributed by atoms with Gasteiger partial charge < -0.3 is 15.8 Å². The zero-order chi connectivity index (χ0) is 15.2. The van der Waals surface area contributed by atoms with E-state index in [2.05, 4.69) is 10.3 Å². The molecular formula is C15H16ClN3O2. The maximum absolute atomic E-state index is 11.9. The van der Waals surface area contributed by atoms with E-state index in [1.54, 1.807) is 12.1 Å². The van der Waals surface area contributed by atoms with E-state index in [-0.39, 0.29) is 22.4 Å². The van der Waals surface area contributed by atoms with Gasteiger partial charge in [-0.3, -0.25) is 4.79 Å². The van der Waals surface area contributed by atoms with Gasteiger partial charge in [0.2, 0.25) is 0 Å². The highest BCUT2D eigenvalue weighted by atomic mass is 35.5. The molecule has 0 saturated carbocycles. The Morgan fingerprint density at radius 3 is 2.95 bits per heavy atom. The second kappa shape index (κ2) is 6.95. The third kappa shape index (κ3) is 4.36. The van der Waals surface area contributed by atoms with E-state index in [0.717, 1.165) is 11.3 Å². The van der Waals surface area contributed by atoms with Crippen molar-refractivity contribution >= 4 is 23.3 Å². The van der Waals surface area contributed by atoms with Gasteiger partial charge in [-0.2, -0.15) is 0 Å². The maximum Gasteiger partial charge on any atom is 0.271 e. The van der Waals surface area contributed by atoms with Crippen LogP contribution in [0.4, 0.5) is 5.82 Å². The zero-order valence-corrected chi connectivity index (χ0v) is 12.4. The number of nitrogens with zero attached hydrogens (tertiary/aromatic N) is 1. The first-order valence-corrected chi connectivity index (χ1v) is 6.84. The number of aromatic nitrogens is 1. The number of nitrogen functional groups attached to an aromatic ring is 1. The first-order chi connectivity index (χ1) is 10.1. The zero-order valence-electron chi connectivity index (χ0n) is 11.6. The molecule has 0 aliphatic heterocycles. The molecule has 1 aromatic carbocycles. The van der Waals surface area contributed by atoms with Gasteiger partial charge in [0.05, 0.1) is 11.6 Å². The Labute approximate surface area is 128 Å². The number of anilines is 1. The summed E-state index contributed by atoms with van der Waals surface area (Å²) in [7, 11) is 0. The van der Waals surface area contributed by atoms with Crippen LogP contribution in [0, 0.1) is 6.92 Å². The standard InChI is InChI=1S/C15H16ClN3O2/c1-10-3-2-4-11(9-10)21-8-7-18-15(20)14-12(16)5-6-13(17)19-14/h2-6,9H,7-8H2,1H3,(H2,17,19)(H,18,20). The monoisotopic (exact) mass is 305 g/mol. The molecule has 1 aromatic heterocycles. The van der Waals surface area contributed by atoms with Gasteiger partial charge in [0.15, 0.2) is 0 Å². The molecule has 0 unspecified atom stereocenters. The Morgan fingerprint density at radius 1 is 1.38 bits per heavy atom. The molecular weight excluding hydrogens is 290 g/mol. The number of carbonyl (C=O) groups excluding carboxylic acids is 1. The van der Waals surface area contributed by atoms with Gasteiger partial charge in [0, 0.05) is 0 Å². The van der Waals surface area contributed by atoms with Crippen LogP contribution in [0.2, 0.25) is 5.02 Å². The molecule has 3 N–H and O–H groups in total. The largest absolute Gasteiger partial charge is 0.492 e. The van der Waals surface area contributed by atoms with Crippen molar-refractivity contribution < 1.29 is 9.53 Å². The lowest BCUT2D eigenvalue weighted by molar-refractivity contribution is 0.0942. The molecule has 110 valence electrons. The van der Waals surface area contributed by atoms with Crippen LogP contribution in [0.25, 0.3) is 0 Å². The maximum atomic E-state index is 11.9. The minimum absolute atomic E-state index is 0.118.